The maximum atomic E-state index is 11.6. The van der Waals surface area contributed by atoms with Crippen molar-refractivity contribution in [2.45, 2.75) is 0 Å². The summed E-state index contributed by atoms with van der Waals surface area (Å²) in [5, 5.41) is 17.1. The molecular formula is C16H10Br2Cl3N3O2. The van der Waals surface area contributed by atoms with Crippen LogP contribution in [0.1, 0.15) is 0 Å². The van der Waals surface area contributed by atoms with Crippen LogP contribution < -0.4 is 10.6 Å². The van der Waals surface area contributed by atoms with E-state index in [9.17, 15) is 10.1 Å². The predicted octanol–water partition coefficient (Wildman–Crippen LogP) is 7.07. The summed E-state index contributed by atoms with van der Waals surface area (Å²) < 4.78 is 1.32. The molecule has 0 radical (unpaired) electrons. The van der Waals surface area contributed by atoms with Crippen molar-refractivity contribution >= 4 is 78.0 Å². The van der Waals surface area contributed by atoms with Crippen LogP contribution in [-0.2, 0) is 0 Å². The minimum Gasteiger partial charge on any atom is -0.336 e. The van der Waals surface area contributed by atoms with Crippen molar-refractivity contribution in [2.75, 3.05) is 10.6 Å². The summed E-state index contributed by atoms with van der Waals surface area (Å²) in [4.78, 5) is 10.9. The molecule has 10 heteroatoms. The van der Waals surface area contributed by atoms with Gasteiger partial charge >= 0.3 is 5.70 Å². The van der Waals surface area contributed by atoms with E-state index in [0.29, 0.717) is 11.4 Å². The highest BCUT2D eigenvalue weighted by atomic mass is 79.9. The number of hydrogen-bond donors (Lipinski definition) is 2. The summed E-state index contributed by atoms with van der Waals surface area (Å²) >= 11 is 24.0. The van der Waals surface area contributed by atoms with E-state index in [1.807, 2.05) is 0 Å². The van der Waals surface area contributed by atoms with Gasteiger partial charge in [0.1, 0.15) is 4.49 Å². The quantitative estimate of drug-likeness (QED) is 0.233. The van der Waals surface area contributed by atoms with Gasteiger partial charge in [0.15, 0.2) is 10.9 Å². The molecule has 0 unspecified atom stereocenters. The zero-order valence-electron chi connectivity index (χ0n) is 12.8. The number of allylic oxidation sites excluding steroid dienone is 1. The SMILES string of the molecule is O=[N+]([O-])C(=C(Nc1ccc(Br)cc1)Nc1ccc(Br)cc1)C(Cl)=C(Cl)Cl. The molecule has 0 saturated heterocycles. The predicted molar refractivity (Wildman–Crippen MR) is 114 cm³/mol. The molecule has 2 rings (SSSR count). The van der Waals surface area contributed by atoms with Gasteiger partial charge in [0.05, 0.1) is 4.92 Å². The molecule has 0 atom stereocenters. The molecule has 0 heterocycles. The molecule has 0 aliphatic carbocycles. The van der Waals surface area contributed by atoms with Crippen LogP contribution in [0.5, 0.6) is 0 Å². The summed E-state index contributed by atoms with van der Waals surface area (Å²) in [5.74, 6) is 0.0171. The molecule has 0 saturated carbocycles. The molecule has 5 nitrogen and oxygen atoms in total. The fraction of sp³-hybridized carbons (Fsp3) is 0. The number of anilines is 2. The molecule has 0 spiro atoms. The molecule has 0 fully saturated rings. The van der Waals surface area contributed by atoms with Crippen LogP contribution in [-0.4, -0.2) is 4.92 Å². The first-order chi connectivity index (χ1) is 12.3. The third-order valence-electron chi connectivity index (χ3n) is 3.02. The van der Waals surface area contributed by atoms with Crippen LogP contribution in [0.2, 0.25) is 0 Å². The Morgan fingerprint density at radius 2 is 1.23 bits per heavy atom. The summed E-state index contributed by atoms with van der Waals surface area (Å²) in [7, 11) is 0. The first-order valence-corrected chi connectivity index (χ1v) is 9.65. The third kappa shape index (κ3) is 5.89. The van der Waals surface area contributed by atoms with Gasteiger partial charge in [0, 0.05) is 20.3 Å². The number of hydrogen-bond acceptors (Lipinski definition) is 4. The van der Waals surface area contributed by atoms with Gasteiger partial charge in [-0.3, -0.25) is 10.1 Å². The Balaban J connectivity index is 2.53. The van der Waals surface area contributed by atoms with Crippen molar-refractivity contribution in [2.24, 2.45) is 0 Å². The largest absolute Gasteiger partial charge is 0.336 e. The highest BCUT2D eigenvalue weighted by Crippen LogP contribution is 2.29. The summed E-state index contributed by atoms with van der Waals surface area (Å²) in [6.07, 6.45) is 0. The van der Waals surface area contributed by atoms with Gasteiger partial charge in [0.2, 0.25) is 0 Å². The molecule has 0 aromatic heterocycles. The van der Waals surface area contributed by atoms with Crippen LogP contribution in [0.3, 0.4) is 0 Å². The lowest BCUT2D eigenvalue weighted by atomic mass is 10.3. The Morgan fingerprint density at radius 1 is 0.846 bits per heavy atom. The van der Waals surface area contributed by atoms with Crippen molar-refractivity contribution in [3.05, 3.63) is 88.6 Å². The molecule has 136 valence electrons. The number of halogens is 5. The first-order valence-electron chi connectivity index (χ1n) is 6.93. The fourth-order valence-corrected chi connectivity index (χ4v) is 2.75. The van der Waals surface area contributed by atoms with E-state index in [-0.39, 0.29) is 10.9 Å². The van der Waals surface area contributed by atoms with E-state index >= 15 is 0 Å². The van der Waals surface area contributed by atoms with Crippen LogP contribution in [0.4, 0.5) is 11.4 Å². The second kappa shape index (κ2) is 9.62. The fourth-order valence-electron chi connectivity index (χ4n) is 1.88. The van der Waals surface area contributed by atoms with Crippen LogP contribution >= 0.6 is 66.7 Å². The maximum absolute atomic E-state index is 11.6. The van der Waals surface area contributed by atoms with Crippen molar-refractivity contribution in [1.29, 1.82) is 0 Å². The van der Waals surface area contributed by atoms with Gasteiger partial charge in [-0.25, -0.2) is 0 Å². The van der Waals surface area contributed by atoms with Crippen molar-refractivity contribution in [1.82, 2.24) is 0 Å². The summed E-state index contributed by atoms with van der Waals surface area (Å²) in [6.45, 7) is 0. The minimum absolute atomic E-state index is 0.0171. The lowest BCUT2D eigenvalue weighted by Gasteiger charge is -2.14. The summed E-state index contributed by atoms with van der Waals surface area (Å²) in [6, 6.07) is 14.1. The number of benzene rings is 2. The highest BCUT2D eigenvalue weighted by molar-refractivity contribution is 9.10. The topological polar surface area (TPSA) is 67.2 Å². The zero-order chi connectivity index (χ0) is 19.3. The number of nitro groups is 1. The Bertz CT molecular complexity index is 816. The summed E-state index contributed by atoms with van der Waals surface area (Å²) in [5.41, 5.74) is 0.710. The smallest absolute Gasteiger partial charge is 0.330 e. The lowest BCUT2D eigenvalue weighted by Crippen LogP contribution is -2.17. The normalized spacial score (nSPS) is 10.0. The minimum atomic E-state index is -0.667. The molecule has 0 aliphatic rings. The van der Waals surface area contributed by atoms with Gasteiger partial charge in [-0.15, -0.1) is 0 Å². The molecule has 26 heavy (non-hydrogen) atoms. The van der Waals surface area contributed by atoms with Crippen LogP contribution in [0.15, 0.2) is 78.5 Å². The van der Waals surface area contributed by atoms with Gasteiger partial charge in [-0.2, -0.15) is 0 Å². The van der Waals surface area contributed by atoms with E-state index in [2.05, 4.69) is 42.5 Å². The Hall–Kier alpha value is -1.25. The second-order valence-corrected chi connectivity index (χ2v) is 7.98. The van der Waals surface area contributed by atoms with E-state index < -0.39 is 15.1 Å². The molecule has 2 N–H and O–H groups in total. The van der Waals surface area contributed by atoms with Gasteiger partial charge in [-0.1, -0.05) is 66.7 Å². The van der Waals surface area contributed by atoms with Crippen molar-refractivity contribution < 1.29 is 4.92 Å². The van der Waals surface area contributed by atoms with Gasteiger partial charge in [-0.05, 0) is 48.5 Å². The van der Waals surface area contributed by atoms with E-state index in [1.165, 1.54) is 0 Å². The van der Waals surface area contributed by atoms with Crippen LogP contribution in [0, 0.1) is 10.1 Å². The number of nitrogens with zero attached hydrogens (tertiary/aromatic N) is 1. The zero-order valence-corrected chi connectivity index (χ0v) is 18.2. The number of rotatable bonds is 6. The monoisotopic (exact) mass is 539 g/mol. The van der Waals surface area contributed by atoms with Gasteiger partial charge in [0.25, 0.3) is 0 Å². The number of nitrogens with one attached hydrogen (secondary N) is 2. The van der Waals surface area contributed by atoms with Crippen molar-refractivity contribution in [3.63, 3.8) is 0 Å². The van der Waals surface area contributed by atoms with Crippen LogP contribution in [0.25, 0.3) is 0 Å². The van der Waals surface area contributed by atoms with Crippen molar-refractivity contribution in [3.8, 4) is 0 Å². The molecule has 2 aromatic rings. The molecule has 0 aliphatic heterocycles. The maximum Gasteiger partial charge on any atom is 0.330 e. The first kappa shape index (κ1) is 21.1. The molecular weight excluding hydrogens is 532 g/mol. The molecule has 0 bridgehead atoms. The van der Waals surface area contributed by atoms with E-state index in [4.69, 9.17) is 34.8 Å². The second-order valence-electron chi connectivity index (χ2n) is 4.82. The van der Waals surface area contributed by atoms with E-state index in [0.717, 1.165) is 8.95 Å². The third-order valence-corrected chi connectivity index (χ3v) is 5.02. The Kier molecular flexibility index (Phi) is 7.79. The average Bonchev–Trinajstić information content (AvgIpc) is 2.58. The van der Waals surface area contributed by atoms with E-state index in [1.54, 1.807) is 48.5 Å². The Labute approximate surface area is 181 Å². The molecule has 0 amide bonds. The standard InChI is InChI=1S/C16H10Br2Cl3N3O2/c17-9-1-5-11(6-2-9)22-16(14(24(25)26)13(19)15(20)21)23-12-7-3-10(18)4-8-12/h1-8,22-23H. The Morgan fingerprint density at radius 3 is 1.54 bits per heavy atom. The lowest BCUT2D eigenvalue weighted by molar-refractivity contribution is -0.420. The average molecular weight is 542 g/mol. The molecule has 2 aromatic carbocycles. The van der Waals surface area contributed by atoms with Gasteiger partial charge < -0.3 is 10.6 Å². The highest BCUT2D eigenvalue weighted by Gasteiger charge is 2.26.